The van der Waals surface area contributed by atoms with Crippen LogP contribution in [0.4, 0.5) is 5.69 Å². The lowest BCUT2D eigenvalue weighted by Gasteiger charge is -2.29. The highest BCUT2D eigenvalue weighted by atomic mass is 35.5. The number of carbonyl (C=O) groups excluding carboxylic acids is 1. The fraction of sp³-hybridized carbons (Fsp3) is 0.158. The van der Waals surface area contributed by atoms with Crippen LogP contribution in [0.3, 0.4) is 0 Å². The number of hydrogen-bond acceptors (Lipinski definition) is 6. The van der Waals surface area contributed by atoms with Crippen LogP contribution in [0, 0.1) is 0 Å². The monoisotopic (exact) mass is 398 g/mol. The highest BCUT2D eigenvalue weighted by molar-refractivity contribution is 7.98. The fourth-order valence-electron chi connectivity index (χ4n) is 2.98. The molecule has 27 heavy (non-hydrogen) atoms. The van der Waals surface area contributed by atoms with E-state index in [9.17, 15) is 4.79 Å². The minimum absolute atomic E-state index is 0.159. The summed E-state index contributed by atoms with van der Waals surface area (Å²) in [4.78, 5) is 18.7. The van der Waals surface area contributed by atoms with Crippen LogP contribution in [0.2, 0.25) is 5.02 Å². The first-order valence-corrected chi connectivity index (χ1v) is 9.79. The molecular weight excluding hydrogens is 384 g/mol. The van der Waals surface area contributed by atoms with Gasteiger partial charge in [-0.3, -0.25) is 9.69 Å². The van der Waals surface area contributed by atoms with Crippen molar-refractivity contribution >= 4 is 35.0 Å². The van der Waals surface area contributed by atoms with Gasteiger partial charge in [-0.25, -0.2) is 0 Å². The molecule has 0 saturated carbocycles. The normalized spacial score (nSPS) is 15.4. The van der Waals surface area contributed by atoms with Crippen LogP contribution in [0.1, 0.15) is 18.7 Å². The summed E-state index contributed by atoms with van der Waals surface area (Å²) in [5.41, 5.74) is 2.72. The zero-order chi connectivity index (χ0) is 19.0. The van der Waals surface area contributed by atoms with Crippen LogP contribution in [0.5, 0.6) is 5.88 Å². The van der Waals surface area contributed by atoms with Gasteiger partial charge in [0.05, 0.1) is 5.69 Å². The van der Waals surface area contributed by atoms with E-state index in [0.29, 0.717) is 27.4 Å². The van der Waals surface area contributed by atoms with Gasteiger partial charge in [-0.05, 0) is 24.5 Å². The van der Waals surface area contributed by atoms with Crippen LogP contribution in [-0.2, 0) is 4.79 Å². The van der Waals surface area contributed by atoms with E-state index in [1.165, 1.54) is 18.7 Å². The summed E-state index contributed by atoms with van der Waals surface area (Å²) in [6.07, 6.45) is 1.17. The second-order valence-corrected chi connectivity index (χ2v) is 7.09. The number of para-hydroxylation sites is 1. The lowest BCUT2D eigenvalue weighted by atomic mass is 10.1. The Morgan fingerprint density at radius 2 is 1.89 bits per heavy atom. The molecule has 0 bridgehead atoms. The highest BCUT2D eigenvalue weighted by Gasteiger charge is 2.34. The Bertz CT molecular complexity index is 1010. The molecule has 6 nitrogen and oxygen atoms in total. The quantitative estimate of drug-likeness (QED) is 0.597. The molecule has 8 heteroatoms. The van der Waals surface area contributed by atoms with Gasteiger partial charge in [-0.15, -0.1) is 10.2 Å². The van der Waals surface area contributed by atoms with Crippen LogP contribution >= 0.6 is 23.4 Å². The number of aromatic nitrogens is 3. The maximum absolute atomic E-state index is 12.6. The summed E-state index contributed by atoms with van der Waals surface area (Å²) in [5.74, 6) is 0.179. The van der Waals surface area contributed by atoms with Gasteiger partial charge < -0.3 is 4.74 Å². The molecule has 3 aromatic rings. The summed E-state index contributed by atoms with van der Waals surface area (Å²) < 4.78 is 6.22. The Balaban J connectivity index is 1.96. The smallest absolute Gasteiger partial charge is 0.247 e. The van der Waals surface area contributed by atoms with E-state index in [1.807, 2.05) is 42.7 Å². The molecule has 1 aliphatic heterocycles. The molecule has 136 valence electrons. The molecule has 0 aliphatic carbocycles. The number of rotatable bonds is 2. The second kappa shape index (κ2) is 7.17. The minimum atomic E-state index is -0.700. The highest BCUT2D eigenvalue weighted by Crippen LogP contribution is 2.43. The Kier molecular flexibility index (Phi) is 4.72. The number of hydrogen-bond donors (Lipinski definition) is 0. The zero-order valence-corrected chi connectivity index (χ0v) is 16.2. The van der Waals surface area contributed by atoms with Crippen molar-refractivity contribution in [2.45, 2.75) is 18.3 Å². The Morgan fingerprint density at radius 1 is 1.15 bits per heavy atom. The number of anilines is 1. The molecule has 0 unspecified atom stereocenters. The topological polar surface area (TPSA) is 68.2 Å². The number of fused-ring (bicyclic) bond motifs is 3. The number of carbonyl (C=O) groups is 1. The lowest BCUT2D eigenvalue weighted by molar-refractivity contribution is -0.118. The second-order valence-electron chi connectivity index (χ2n) is 5.88. The van der Waals surface area contributed by atoms with Gasteiger partial charge in [-0.1, -0.05) is 53.7 Å². The molecule has 0 saturated heterocycles. The zero-order valence-electron chi connectivity index (χ0n) is 14.6. The van der Waals surface area contributed by atoms with Gasteiger partial charge in [0.25, 0.3) is 0 Å². The van der Waals surface area contributed by atoms with Crippen molar-refractivity contribution in [3.05, 3.63) is 59.1 Å². The fourth-order valence-corrected chi connectivity index (χ4v) is 3.41. The number of benzene rings is 2. The largest absolute Gasteiger partial charge is 0.447 e. The summed E-state index contributed by atoms with van der Waals surface area (Å²) in [7, 11) is 0. The first-order chi connectivity index (χ1) is 13.1. The average Bonchev–Trinajstić information content (AvgIpc) is 2.82. The minimum Gasteiger partial charge on any atom is -0.447 e. The van der Waals surface area contributed by atoms with Crippen LogP contribution in [0.15, 0.2) is 53.7 Å². The Labute approximate surface area is 165 Å². The number of nitrogens with zero attached hydrogens (tertiary/aromatic N) is 4. The van der Waals surface area contributed by atoms with E-state index in [-0.39, 0.29) is 5.91 Å². The maximum atomic E-state index is 12.6. The Hall–Kier alpha value is -2.64. The van der Waals surface area contributed by atoms with Crippen molar-refractivity contribution in [3.63, 3.8) is 0 Å². The van der Waals surface area contributed by atoms with E-state index in [1.54, 1.807) is 17.0 Å². The number of amides is 1. The standard InChI is InChI=1S/C19H15ClN4O2S/c1-11(25)24-15-6-4-3-5-14(15)16-17(21-19(27-2)23-22-16)26-18(24)12-7-9-13(20)10-8-12/h3-10,18H,1-2H3/t18-/m1/s1. The third-order valence-corrected chi connectivity index (χ3v) is 4.98. The van der Waals surface area contributed by atoms with Gasteiger partial charge in [-0.2, -0.15) is 4.98 Å². The first kappa shape index (κ1) is 17.8. The summed E-state index contributed by atoms with van der Waals surface area (Å²) in [6.45, 7) is 1.51. The molecule has 2 heterocycles. The first-order valence-electron chi connectivity index (χ1n) is 8.18. The predicted molar refractivity (Wildman–Crippen MR) is 105 cm³/mol. The third kappa shape index (κ3) is 3.24. The molecule has 1 aromatic heterocycles. The summed E-state index contributed by atoms with van der Waals surface area (Å²) in [6, 6.07) is 14.7. The van der Waals surface area contributed by atoms with E-state index in [0.717, 1.165) is 11.1 Å². The lowest BCUT2D eigenvalue weighted by Crippen LogP contribution is -2.36. The van der Waals surface area contributed by atoms with Crippen molar-refractivity contribution in [3.8, 4) is 17.1 Å². The molecule has 1 amide bonds. The molecule has 0 radical (unpaired) electrons. The molecule has 1 aliphatic rings. The van der Waals surface area contributed by atoms with Gasteiger partial charge in [0.15, 0.2) is 5.69 Å². The molecule has 2 aromatic carbocycles. The van der Waals surface area contributed by atoms with Crippen molar-refractivity contribution in [1.29, 1.82) is 0 Å². The van der Waals surface area contributed by atoms with Crippen LogP contribution in [-0.4, -0.2) is 27.3 Å². The van der Waals surface area contributed by atoms with Gasteiger partial charge in [0.2, 0.25) is 23.2 Å². The molecule has 4 rings (SSSR count). The van der Waals surface area contributed by atoms with E-state index >= 15 is 0 Å². The molecular formula is C19H15ClN4O2S. The van der Waals surface area contributed by atoms with Crippen molar-refractivity contribution in [2.24, 2.45) is 0 Å². The van der Waals surface area contributed by atoms with Crippen LogP contribution < -0.4 is 9.64 Å². The van der Waals surface area contributed by atoms with E-state index in [2.05, 4.69) is 15.2 Å². The Morgan fingerprint density at radius 3 is 2.59 bits per heavy atom. The molecule has 0 N–H and O–H groups in total. The number of thioether (sulfide) groups is 1. The van der Waals surface area contributed by atoms with E-state index < -0.39 is 6.23 Å². The van der Waals surface area contributed by atoms with Crippen molar-refractivity contribution < 1.29 is 9.53 Å². The van der Waals surface area contributed by atoms with Gasteiger partial charge in [0, 0.05) is 23.1 Å². The number of halogens is 1. The molecule has 1 atom stereocenters. The average molecular weight is 399 g/mol. The SMILES string of the molecule is CSc1nnc2c(n1)O[C@H](c1ccc(Cl)cc1)N(C(C)=O)c1ccccc1-2. The van der Waals surface area contributed by atoms with Crippen LogP contribution in [0.25, 0.3) is 11.3 Å². The summed E-state index contributed by atoms with van der Waals surface area (Å²) >= 11 is 7.40. The number of ether oxygens (including phenoxy) is 1. The van der Waals surface area contributed by atoms with Crippen molar-refractivity contribution in [1.82, 2.24) is 15.2 Å². The molecule has 0 spiro atoms. The molecule has 0 fully saturated rings. The van der Waals surface area contributed by atoms with Crippen molar-refractivity contribution in [2.75, 3.05) is 11.2 Å². The van der Waals surface area contributed by atoms with Gasteiger partial charge >= 0.3 is 0 Å². The van der Waals surface area contributed by atoms with E-state index in [4.69, 9.17) is 16.3 Å². The summed E-state index contributed by atoms with van der Waals surface area (Å²) in [5, 5.41) is 9.55. The third-order valence-electron chi connectivity index (χ3n) is 4.19. The predicted octanol–water partition coefficient (Wildman–Crippen LogP) is 4.36. The van der Waals surface area contributed by atoms with Gasteiger partial charge in [0.1, 0.15) is 0 Å². The maximum Gasteiger partial charge on any atom is 0.247 e.